The van der Waals surface area contributed by atoms with E-state index in [-0.39, 0.29) is 4.90 Å². The molecule has 1 amide bonds. The average Bonchev–Trinajstić information content (AvgIpc) is 2.62. The summed E-state index contributed by atoms with van der Waals surface area (Å²) in [7, 11) is -3.80. The van der Waals surface area contributed by atoms with E-state index in [0.29, 0.717) is 17.5 Å². The Labute approximate surface area is 106 Å². The lowest BCUT2D eigenvalue weighted by Gasteiger charge is -2.14. The van der Waals surface area contributed by atoms with Crippen molar-refractivity contribution in [3.8, 4) is 0 Å². The molecule has 1 N–H and O–H groups in total. The third kappa shape index (κ3) is 2.03. The number of aryl methyl sites for hydroxylation is 1. The van der Waals surface area contributed by atoms with Gasteiger partial charge in [0, 0.05) is 19.6 Å². The van der Waals surface area contributed by atoms with Crippen molar-refractivity contribution >= 4 is 27.8 Å². The van der Waals surface area contributed by atoms with Gasteiger partial charge in [-0.25, -0.2) is 13.1 Å². The monoisotopic (exact) mass is 266 g/mol. The molecule has 0 atom stereocenters. The molecule has 0 spiro atoms. The number of sulfonamides is 1. The van der Waals surface area contributed by atoms with E-state index < -0.39 is 15.9 Å². The van der Waals surface area contributed by atoms with Crippen LogP contribution < -0.4 is 4.72 Å². The first-order valence-corrected chi connectivity index (χ1v) is 7.00. The van der Waals surface area contributed by atoms with Gasteiger partial charge in [0.15, 0.2) is 0 Å². The Hall–Kier alpha value is -1.69. The Bertz CT molecular complexity index is 660. The average molecular weight is 266 g/mol. The highest BCUT2D eigenvalue weighted by Crippen LogP contribution is 2.33. The molecule has 0 bridgehead atoms. The molecule has 1 aliphatic rings. The zero-order valence-electron chi connectivity index (χ0n) is 10.4. The molecule has 0 saturated heterocycles. The van der Waals surface area contributed by atoms with Gasteiger partial charge < -0.3 is 0 Å². The molecule has 2 rings (SSSR count). The van der Waals surface area contributed by atoms with Gasteiger partial charge in [-0.15, -0.1) is 0 Å². The molecule has 96 valence electrons. The Balaban J connectivity index is 2.64. The first-order chi connectivity index (χ1) is 8.33. The fourth-order valence-electron chi connectivity index (χ4n) is 2.24. The van der Waals surface area contributed by atoms with Crippen molar-refractivity contribution in [2.45, 2.75) is 32.1 Å². The summed E-state index contributed by atoms with van der Waals surface area (Å²) >= 11 is 0. The largest absolute Gasteiger partial charge is 0.274 e. The topological polar surface area (TPSA) is 75.6 Å². The van der Waals surface area contributed by atoms with Crippen LogP contribution in [0.1, 0.15) is 23.6 Å². The van der Waals surface area contributed by atoms with Gasteiger partial charge in [0.2, 0.25) is 5.91 Å². The number of benzene rings is 1. The lowest BCUT2D eigenvalue weighted by atomic mass is 10.0. The van der Waals surface area contributed by atoms with E-state index >= 15 is 0 Å². The molecule has 0 unspecified atom stereocenters. The molecule has 18 heavy (non-hydrogen) atoms. The Morgan fingerprint density at radius 1 is 1.39 bits per heavy atom. The molecule has 6 heteroatoms. The van der Waals surface area contributed by atoms with Crippen LogP contribution >= 0.6 is 0 Å². The molecule has 0 radical (unpaired) electrons. The number of carbonyl (C=O) groups excluding carboxylic acids is 1. The van der Waals surface area contributed by atoms with Gasteiger partial charge in [-0.1, -0.05) is 0 Å². The molecule has 1 aliphatic heterocycles. The summed E-state index contributed by atoms with van der Waals surface area (Å²) in [6.07, 6.45) is 2.38. The van der Waals surface area contributed by atoms with Gasteiger partial charge in [-0.3, -0.25) is 9.79 Å². The van der Waals surface area contributed by atoms with Crippen LogP contribution in [-0.2, 0) is 21.2 Å². The number of hydrogen-bond donors (Lipinski definition) is 1. The standard InChI is InChI=1S/C12H14N2O3S/c1-7-6-11-10(4-5-13-11)8(2)12(7)18(16,17)14-9(3)15/h5-6H,4H2,1-3H3,(H,14,15). The zero-order chi connectivity index (χ0) is 13.5. The molecule has 0 aromatic heterocycles. The molecule has 1 heterocycles. The van der Waals surface area contributed by atoms with Crippen LogP contribution in [0.5, 0.6) is 0 Å². The fourth-order valence-corrected chi connectivity index (χ4v) is 3.73. The maximum atomic E-state index is 12.1. The summed E-state index contributed by atoms with van der Waals surface area (Å²) in [4.78, 5) is 15.4. The van der Waals surface area contributed by atoms with E-state index in [9.17, 15) is 13.2 Å². The molecular formula is C12H14N2O3S. The van der Waals surface area contributed by atoms with Crippen LogP contribution in [0, 0.1) is 13.8 Å². The highest BCUT2D eigenvalue weighted by atomic mass is 32.2. The molecule has 0 saturated carbocycles. The lowest BCUT2D eigenvalue weighted by molar-refractivity contribution is -0.117. The molecule has 5 nitrogen and oxygen atoms in total. The second-order valence-electron chi connectivity index (χ2n) is 4.32. The molecule has 1 aromatic rings. The van der Waals surface area contributed by atoms with E-state index in [0.717, 1.165) is 11.3 Å². The predicted octanol–water partition coefficient (Wildman–Crippen LogP) is 1.39. The van der Waals surface area contributed by atoms with E-state index in [1.54, 1.807) is 26.1 Å². The van der Waals surface area contributed by atoms with Gasteiger partial charge in [0.1, 0.15) is 0 Å². The van der Waals surface area contributed by atoms with E-state index in [1.807, 2.05) is 4.72 Å². The second kappa shape index (κ2) is 4.20. The third-order valence-corrected chi connectivity index (χ3v) is 4.61. The maximum absolute atomic E-state index is 12.1. The summed E-state index contributed by atoms with van der Waals surface area (Å²) in [5.74, 6) is -0.592. The fraction of sp³-hybridized carbons (Fsp3) is 0.333. The summed E-state index contributed by atoms with van der Waals surface area (Å²) in [6, 6.07) is 1.74. The SMILES string of the molecule is CC(=O)NS(=O)(=O)c1c(C)cc2c(c1C)CC=N2. The highest BCUT2D eigenvalue weighted by Gasteiger charge is 2.25. The van der Waals surface area contributed by atoms with Crippen LogP contribution in [-0.4, -0.2) is 20.5 Å². The number of hydrogen-bond acceptors (Lipinski definition) is 4. The van der Waals surface area contributed by atoms with Crippen LogP contribution in [0.2, 0.25) is 0 Å². The van der Waals surface area contributed by atoms with Crippen molar-refractivity contribution in [2.75, 3.05) is 0 Å². The van der Waals surface area contributed by atoms with Crippen molar-refractivity contribution in [1.29, 1.82) is 0 Å². The number of carbonyl (C=O) groups is 1. The quantitative estimate of drug-likeness (QED) is 0.878. The van der Waals surface area contributed by atoms with Crippen LogP contribution in [0.25, 0.3) is 0 Å². The Morgan fingerprint density at radius 3 is 2.67 bits per heavy atom. The molecular weight excluding hydrogens is 252 g/mol. The van der Waals surface area contributed by atoms with Gasteiger partial charge in [0.25, 0.3) is 10.0 Å². The third-order valence-electron chi connectivity index (χ3n) is 2.89. The number of nitrogens with zero attached hydrogens (tertiary/aromatic N) is 1. The van der Waals surface area contributed by atoms with Crippen LogP contribution in [0.4, 0.5) is 5.69 Å². The van der Waals surface area contributed by atoms with Crippen LogP contribution in [0.15, 0.2) is 16.0 Å². The maximum Gasteiger partial charge on any atom is 0.264 e. The van der Waals surface area contributed by atoms with Gasteiger partial charge in [0.05, 0.1) is 10.6 Å². The summed E-state index contributed by atoms with van der Waals surface area (Å²) in [5.41, 5.74) is 2.98. The molecule has 1 aromatic carbocycles. The van der Waals surface area contributed by atoms with Gasteiger partial charge >= 0.3 is 0 Å². The van der Waals surface area contributed by atoms with Gasteiger partial charge in [-0.05, 0) is 36.6 Å². The number of aliphatic imine (C=N–C) groups is 1. The van der Waals surface area contributed by atoms with Crippen molar-refractivity contribution in [3.05, 3.63) is 22.8 Å². The number of amides is 1. The smallest absolute Gasteiger partial charge is 0.264 e. The summed E-state index contributed by atoms with van der Waals surface area (Å²) < 4.78 is 26.2. The van der Waals surface area contributed by atoms with E-state index in [1.165, 1.54) is 6.92 Å². The number of nitrogens with one attached hydrogen (secondary N) is 1. The second-order valence-corrected chi connectivity index (χ2v) is 5.94. The van der Waals surface area contributed by atoms with Crippen molar-refractivity contribution in [1.82, 2.24) is 4.72 Å². The van der Waals surface area contributed by atoms with Crippen molar-refractivity contribution in [2.24, 2.45) is 4.99 Å². The van der Waals surface area contributed by atoms with Gasteiger partial charge in [-0.2, -0.15) is 0 Å². The van der Waals surface area contributed by atoms with Crippen LogP contribution in [0.3, 0.4) is 0 Å². The predicted molar refractivity (Wildman–Crippen MR) is 68.8 cm³/mol. The lowest BCUT2D eigenvalue weighted by Crippen LogP contribution is -2.29. The van der Waals surface area contributed by atoms with E-state index in [2.05, 4.69) is 4.99 Å². The first-order valence-electron chi connectivity index (χ1n) is 5.52. The number of rotatable bonds is 2. The summed E-state index contributed by atoms with van der Waals surface area (Å²) in [6.45, 7) is 4.63. The first kappa shape index (κ1) is 12.8. The summed E-state index contributed by atoms with van der Waals surface area (Å²) in [5, 5.41) is 0. The zero-order valence-corrected chi connectivity index (χ0v) is 11.3. The minimum Gasteiger partial charge on any atom is -0.274 e. The minimum absolute atomic E-state index is 0.182. The molecule has 0 aliphatic carbocycles. The van der Waals surface area contributed by atoms with Crippen molar-refractivity contribution in [3.63, 3.8) is 0 Å². The Morgan fingerprint density at radius 2 is 2.06 bits per heavy atom. The molecule has 0 fully saturated rings. The minimum atomic E-state index is -3.80. The number of fused-ring (bicyclic) bond motifs is 1. The normalized spacial score (nSPS) is 13.5. The Kier molecular flexibility index (Phi) is 2.98. The van der Waals surface area contributed by atoms with E-state index in [4.69, 9.17) is 0 Å². The highest BCUT2D eigenvalue weighted by molar-refractivity contribution is 7.90. The van der Waals surface area contributed by atoms with Crippen molar-refractivity contribution < 1.29 is 13.2 Å².